The number of benzene rings is 1. The Morgan fingerprint density at radius 2 is 2.26 bits per heavy atom. The number of fused-ring (bicyclic) bond motifs is 1. The van der Waals surface area contributed by atoms with E-state index in [4.69, 9.17) is 11.6 Å². The van der Waals surface area contributed by atoms with E-state index in [1.165, 1.54) is 12.1 Å². The van der Waals surface area contributed by atoms with Crippen LogP contribution in [-0.4, -0.2) is 39.9 Å². The topological polar surface area (TPSA) is 73.9 Å². The van der Waals surface area contributed by atoms with Crippen LogP contribution in [0.1, 0.15) is 39.0 Å². The lowest BCUT2D eigenvalue weighted by Crippen LogP contribution is -2.39. The van der Waals surface area contributed by atoms with Crippen LogP contribution in [-0.2, 0) is 4.79 Å². The maximum Gasteiger partial charge on any atom is 0.155 e. The number of rotatable bonds is 8. The lowest BCUT2D eigenvalue weighted by molar-refractivity contribution is -0.120. The number of aromatic amines is 1. The number of Topliss-reactive ketones (excluding diaryl/α,β-unsaturated/α-hetero) is 1. The molecule has 1 fully saturated rings. The van der Waals surface area contributed by atoms with Gasteiger partial charge in [0.1, 0.15) is 23.6 Å². The molecule has 2 N–H and O–H groups in total. The maximum absolute atomic E-state index is 13.7. The summed E-state index contributed by atoms with van der Waals surface area (Å²) < 4.78 is 13.7. The molecule has 8 heteroatoms. The molecule has 6 nitrogen and oxygen atoms in total. The van der Waals surface area contributed by atoms with Crippen LogP contribution in [0.15, 0.2) is 36.8 Å². The second kappa shape index (κ2) is 9.64. The molecule has 0 aliphatic carbocycles. The first-order chi connectivity index (χ1) is 15.0. The minimum absolute atomic E-state index is 0.156. The largest absolute Gasteiger partial charge is 0.375 e. The van der Waals surface area contributed by atoms with Crippen LogP contribution >= 0.6 is 11.6 Å². The summed E-state index contributed by atoms with van der Waals surface area (Å²) >= 11 is 5.97. The molecule has 0 unspecified atom stereocenters. The van der Waals surface area contributed by atoms with Gasteiger partial charge in [0.15, 0.2) is 5.78 Å². The molecule has 31 heavy (non-hydrogen) atoms. The smallest absolute Gasteiger partial charge is 0.155 e. The Morgan fingerprint density at radius 3 is 3.06 bits per heavy atom. The van der Waals surface area contributed by atoms with Gasteiger partial charge in [-0.15, -0.1) is 0 Å². The highest BCUT2D eigenvalue weighted by molar-refractivity contribution is 6.30. The van der Waals surface area contributed by atoms with E-state index in [1.54, 1.807) is 12.4 Å². The Balaban J connectivity index is 1.44. The van der Waals surface area contributed by atoms with Crippen molar-refractivity contribution in [2.75, 3.05) is 23.3 Å². The summed E-state index contributed by atoms with van der Waals surface area (Å²) in [7, 11) is 0. The summed E-state index contributed by atoms with van der Waals surface area (Å²) in [4.78, 5) is 27.3. The third-order valence-electron chi connectivity index (χ3n) is 5.81. The van der Waals surface area contributed by atoms with Crippen molar-refractivity contribution < 1.29 is 9.18 Å². The lowest BCUT2D eigenvalue weighted by Gasteiger charge is -2.34. The van der Waals surface area contributed by atoms with Crippen molar-refractivity contribution >= 4 is 39.9 Å². The predicted octanol–water partition coefficient (Wildman–Crippen LogP) is 5.21. The van der Waals surface area contributed by atoms with Crippen LogP contribution in [0.4, 0.5) is 15.9 Å². The molecule has 1 aliphatic heterocycles. The van der Waals surface area contributed by atoms with Crippen LogP contribution < -0.4 is 10.2 Å². The number of anilines is 2. The molecule has 3 heterocycles. The average Bonchev–Trinajstić information content (AvgIpc) is 3.22. The zero-order chi connectivity index (χ0) is 21.8. The van der Waals surface area contributed by atoms with Gasteiger partial charge in [0.05, 0.1) is 11.4 Å². The van der Waals surface area contributed by atoms with Crippen molar-refractivity contribution in [1.82, 2.24) is 15.0 Å². The van der Waals surface area contributed by atoms with Crippen molar-refractivity contribution in [3.63, 3.8) is 0 Å². The van der Waals surface area contributed by atoms with Crippen molar-refractivity contribution in [2.24, 2.45) is 5.92 Å². The first-order valence-electron chi connectivity index (χ1n) is 10.8. The molecule has 0 amide bonds. The number of hydrogen-bond acceptors (Lipinski definition) is 5. The van der Waals surface area contributed by atoms with E-state index in [1.807, 2.05) is 19.2 Å². The monoisotopic (exact) mass is 443 g/mol. The number of ketones is 1. The summed E-state index contributed by atoms with van der Waals surface area (Å²) in [5.41, 5.74) is 1.36. The molecular formula is C23H27ClFN5O. The van der Waals surface area contributed by atoms with Gasteiger partial charge >= 0.3 is 0 Å². The Morgan fingerprint density at radius 1 is 1.39 bits per heavy atom. The Hall–Kier alpha value is -2.67. The summed E-state index contributed by atoms with van der Waals surface area (Å²) in [6, 6.07) is 5.93. The second-order valence-electron chi connectivity index (χ2n) is 8.21. The normalized spacial score (nSPS) is 17.6. The molecule has 1 aromatic carbocycles. The molecule has 3 aromatic rings. The van der Waals surface area contributed by atoms with Crippen molar-refractivity contribution in [3.05, 3.63) is 47.6 Å². The number of piperidine rings is 1. The highest BCUT2D eigenvalue weighted by Crippen LogP contribution is 2.29. The van der Waals surface area contributed by atoms with E-state index in [2.05, 4.69) is 25.2 Å². The average molecular weight is 444 g/mol. The first-order valence-corrected chi connectivity index (χ1v) is 11.2. The number of halogens is 2. The number of carbonyl (C=O) groups excluding carboxylic acids is 1. The Kier molecular flexibility index (Phi) is 6.70. The van der Waals surface area contributed by atoms with Gasteiger partial charge < -0.3 is 15.2 Å². The molecule has 2 atom stereocenters. The minimum Gasteiger partial charge on any atom is -0.375 e. The molecule has 4 rings (SSSR count). The number of H-pyrrole nitrogens is 1. The summed E-state index contributed by atoms with van der Waals surface area (Å²) in [6.07, 6.45) is 7.50. The van der Waals surface area contributed by atoms with E-state index < -0.39 is 5.82 Å². The van der Waals surface area contributed by atoms with E-state index in [-0.39, 0.29) is 17.7 Å². The van der Waals surface area contributed by atoms with Crippen LogP contribution in [0.3, 0.4) is 0 Å². The number of nitrogens with one attached hydrogen (secondary N) is 2. The second-order valence-corrected chi connectivity index (χ2v) is 8.64. The number of carbonyl (C=O) groups is 1. The third kappa shape index (κ3) is 5.15. The van der Waals surface area contributed by atoms with Crippen molar-refractivity contribution in [1.29, 1.82) is 0 Å². The van der Waals surface area contributed by atoms with E-state index >= 15 is 0 Å². The van der Waals surface area contributed by atoms with E-state index in [0.29, 0.717) is 23.6 Å². The number of hydrogen-bond donors (Lipinski definition) is 2. The standard InChI is InChI=1S/C23H27ClFN5O/c1-2-4-20(29-18-11-16(24)10-17(25)12-18)21(31)9-15-5-3-8-30(13-15)23-19-6-7-26-22(19)27-14-28-23/h6-7,10-12,14-15,20,29H,2-5,8-9,13H2,1H3,(H,26,27,28)/t15-,20+/m0/s1. The molecular weight excluding hydrogens is 417 g/mol. The van der Waals surface area contributed by atoms with Gasteiger partial charge in [-0.1, -0.05) is 24.9 Å². The molecule has 2 aromatic heterocycles. The molecule has 0 bridgehead atoms. The maximum atomic E-state index is 13.7. The first kappa shape index (κ1) is 21.6. The molecule has 0 spiro atoms. The zero-order valence-electron chi connectivity index (χ0n) is 17.6. The minimum atomic E-state index is -0.415. The summed E-state index contributed by atoms with van der Waals surface area (Å²) in [5, 5.41) is 4.52. The molecule has 0 saturated carbocycles. The van der Waals surface area contributed by atoms with Crippen LogP contribution in [0.25, 0.3) is 11.0 Å². The quantitative estimate of drug-likeness (QED) is 0.500. The van der Waals surface area contributed by atoms with Gasteiger partial charge in [0.2, 0.25) is 0 Å². The SMILES string of the molecule is CCC[C@@H](Nc1cc(F)cc(Cl)c1)C(=O)C[C@@H]1CCCN(c2ncnc3[nH]ccc23)C1. The van der Waals surface area contributed by atoms with Gasteiger partial charge in [-0.25, -0.2) is 14.4 Å². The molecule has 164 valence electrons. The lowest BCUT2D eigenvalue weighted by atomic mass is 9.89. The Bertz CT molecular complexity index is 1040. The predicted molar refractivity (Wildman–Crippen MR) is 122 cm³/mol. The third-order valence-corrected chi connectivity index (χ3v) is 6.03. The van der Waals surface area contributed by atoms with Gasteiger partial charge in [0, 0.05) is 36.4 Å². The zero-order valence-corrected chi connectivity index (χ0v) is 18.3. The fraction of sp³-hybridized carbons (Fsp3) is 0.435. The fourth-order valence-electron chi connectivity index (χ4n) is 4.40. The van der Waals surface area contributed by atoms with Crippen molar-refractivity contribution in [3.8, 4) is 0 Å². The van der Waals surface area contributed by atoms with Gasteiger partial charge in [0.25, 0.3) is 0 Å². The molecule has 1 saturated heterocycles. The van der Waals surface area contributed by atoms with E-state index in [9.17, 15) is 9.18 Å². The van der Waals surface area contributed by atoms with Crippen LogP contribution in [0.2, 0.25) is 5.02 Å². The van der Waals surface area contributed by atoms with Gasteiger partial charge in [-0.05, 0) is 49.4 Å². The molecule has 0 radical (unpaired) electrons. The van der Waals surface area contributed by atoms with Crippen molar-refractivity contribution in [2.45, 2.75) is 45.1 Å². The fourth-order valence-corrected chi connectivity index (χ4v) is 4.62. The number of aromatic nitrogens is 3. The highest BCUT2D eigenvalue weighted by Gasteiger charge is 2.27. The summed E-state index contributed by atoms with van der Waals surface area (Å²) in [6.45, 7) is 3.74. The van der Waals surface area contributed by atoms with Crippen LogP contribution in [0, 0.1) is 11.7 Å². The van der Waals surface area contributed by atoms with Crippen LogP contribution in [0.5, 0.6) is 0 Å². The Labute approximate surface area is 186 Å². The number of nitrogens with zero attached hydrogens (tertiary/aromatic N) is 3. The van der Waals surface area contributed by atoms with Gasteiger partial charge in [-0.2, -0.15) is 0 Å². The summed E-state index contributed by atoms with van der Waals surface area (Å²) in [5.74, 6) is 0.911. The highest BCUT2D eigenvalue weighted by atomic mass is 35.5. The van der Waals surface area contributed by atoms with Gasteiger partial charge in [-0.3, -0.25) is 4.79 Å². The van der Waals surface area contributed by atoms with E-state index in [0.717, 1.165) is 49.2 Å². The molecule has 1 aliphatic rings.